The zero-order chi connectivity index (χ0) is 8.27. The number of aliphatic imine (C=N–C) groups is 1. The molecule has 0 spiro atoms. The molecule has 1 aliphatic carbocycles. The first kappa shape index (κ1) is 8.57. The molecule has 0 aromatic heterocycles. The van der Waals surface area contributed by atoms with Gasteiger partial charge in [-0.15, -0.1) is 0 Å². The lowest BCUT2D eigenvalue weighted by molar-refractivity contribution is 0.594. The summed E-state index contributed by atoms with van der Waals surface area (Å²) < 4.78 is 0. The van der Waals surface area contributed by atoms with Gasteiger partial charge < -0.3 is 5.73 Å². The highest BCUT2D eigenvalue weighted by Crippen LogP contribution is 2.30. The normalized spacial score (nSPS) is 32.7. The summed E-state index contributed by atoms with van der Waals surface area (Å²) in [5.41, 5.74) is 5.80. The van der Waals surface area contributed by atoms with Crippen molar-refractivity contribution in [1.82, 2.24) is 0 Å². The Morgan fingerprint density at radius 1 is 1.55 bits per heavy atom. The molecule has 0 aromatic rings. The van der Waals surface area contributed by atoms with Crippen LogP contribution < -0.4 is 5.73 Å². The van der Waals surface area contributed by atoms with Crippen LogP contribution in [-0.4, -0.2) is 12.4 Å². The Hall–Kier alpha value is -0.530. The van der Waals surface area contributed by atoms with Gasteiger partial charge in [0, 0.05) is 12.5 Å². The molecule has 0 aromatic carbocycles. The Kier molecular flexibility index (Phi) is 2.92. The maximum Gasteiger partial charge on any atom is 0.0968 e. The number of nitrogens with zero attached hydrogens (tertiary/aromatic N) is 1. The predicted molar refractivity (Wildman–Crippen MR) is 48.7 cm³/mol. The number of nitrogens with two attached hydrogens (primary N) is 1. The molecule has 2 unspecified atom stereocenters. The van der Waals surface area contributed by atoms with E-state index in [0.29, 0.717) is 5.92 Å². The number of hydrogen-bond donors (Lipinski definition) is 1. The summed E-state index contributed by atoms with van der Waals surface area (Å²) in [6.45, 7) is 5.15. The van der Waals surface area contributed by atoms with E-state index in [1.807, 2.05) is 6.92 Å². The minimum atomic E-state index is 0.588. The molecule has 2 heteroatoms. The molecular weight excluding hydrogens is 136 g/mol. The monoisotopic (exact) mass is 154 g/mol. The quantitative estimate of drug-likeness (QED) is 0.478. The molecule has 1 rings (SSSR count). The number of amidine groups is 1. The van der Waals surface area contributed by atoms with Crippen molar-refractivity contribution in [3.8, 4) is 0 Å². The van der Waals surface area contributed by atoms with Crippen molar-refractivity contribution in [2.45, 2.75) is 33.1 Å². The van der Waals surface area contributed by atoms with Crippen LogP contribution >= 0.6 is 0 Å². The Bertz CT molecular complexity index is 152. The average molecular weight is 154 g/mol. The van der Waals surface area contributed by atoms with Crippen molar-refractivity contribution in [3.63, 3.8) is 0 Å². The fourth-order valence-electron chi connectivity index (χ4n) is 1.79. The average Bonchev–Trinajstić information content (AvgIpc) is 2.36. The van der Waals surface area contributed by atoms with Crippen molar-refractivity contribution in [2.24, 2.45) is 22.6 Å². The topological polar surface area (TPSA) is 38.4 Å². The van der Waals surface area contributed by atoms with Crippen LogP contribution in [0.5, 0.6) is 0 Å². The van der Waals surface area contributed by atoms with Crippen LogP contribution in [0.1, 0.15) is 33.1 Å². The first-order chi connectivity index (χ1) is 5.24. The van der Waals surface area contributed by atoms with Gasteiger partial charge in [-0.2, -0.15) is 0 Å². The SMILES string of the molecule is CCN=C(N)C1CCC(C)C1. The fourth-order valence-corrected chi connectivity index (χ4v) is 1.79. The lowest BCUT2D eigenvalue weighted by Crippen LogP contribution is -2.21. The van der Waals surface area contributed by atoms with Gasteiger partial charge in [0.25, 0.3) is 0 Å². The van der Waals surface area contributed by atoms with Gasteiger partial charge in [-0.05, 0) is 32.1 Å². The Balaban J connectivity index is 2.43. The van der Waals surface area contributed by atoms with Gasteiger partial charge in [-0.1, -0.05) is 6.92 Å². The van der Waals surface area contributed by atoms with Crippen LogP contribution in [0.15, 0.2) is 4.99 Å². The molecule has 1 saturated carbocycles. The first-order valence-electron chi connectivity index (χ1n) is 4.53. The largest absolute Gasteiger partial charge is 0.387 e. The fraction of sp³-hybridized carbons (Fsp3) is 0.889. The number of rotatable bonds is 2. The van der Waals surface area contributed by atoms with Crippen molar-refractivity contribution >= 4 is 5.84 Å². The molecule has 11 heavy (non-hydrogen) atoms. The maximum absolute atomic E-state index is 5.80. The van der Waals surface area contributed by atoms with E-state index in [9.17, 15) is 0 Å². The van der Waals surface area contributed by atoms with Crippen molar-refractivity contribution in [3.05, 3.63) is 0 Å². The van der Waals surface area contributed by atoms with Gasteiger partial charge in [0.2, 0.25) is 0 Å². The predicted octanol–water partition coefficient (Wildman–Crippen LogP) is 1.80. The molecule has 2 N–H and O–H groups in total. The molecule has 2 atom stereocenters. The van der Waals surface area contributed by atoms with Crippen molar-refractivity contribution in [2.75, 3.05) is 6.54 Å². The molecule has 0 amide bonds. The van der Waals surface area contributed by atoms with Gasteiger partial charge >= 0.3 is 0 Å². The summed E-state index contributed by atoms with van der Waals surface area (Å²) in [4.78, 5) is 4.24. The van der Waals surface area contributed by atoms with E-state index >= 15 is 0 Å². The van der Waals surface area contributed by atoms with E-state index < -0.39 is 0 Å². The second-order valence-corrected chi connectivity index (χ2v) is 3.51. The molecule has 2 nitrogen and oxygen atoms in total. The maximum atomic E-state index is 5.80. The van der Waals surface area contributed by atoms with Crippen LogP contribution in [0.4, 0.5) is 0 Å². The highest BCUT2D eigenvalue weighted by atomic mass is 14.9. The van der Waals surface area contributed by atoms with Crippen LogP contribution in [0.2, 0.25) is 0 Å². The molecule has 0 saturated heterocycles. The van der Waals surface area contributed by atoms with E-state index in [4.69, 9.17) is 5.73 Å². The summed E-state index contributed by atoms with van der Waals surface area (Å²) >= 11 is 0. The van der Waals surface area contributed by atoms with Gasteiger partial charge in [-0.3, -0.25) is 4.99 Å². The van der Waals surface area contributed by atoms with E-state index in [-0.39, 0.29) is 0 Å². The van der Waals surface area contributed by atoms with E-state index in [2.05, 4.69) is 11.9 Å². The molecule has 0 radical (unpaired) electrons. The lowest BCUT2D eigenvalue weighted by Gasteiger charge is -2.07. The smallest absolute Gasteiger partial charge is 0.0968 e. The van der Waals surface area contributed by atoms with Gasteiger partial charge in [0.1, 0.15) is 0 Å². The lowest BCUT2D eigenvalue weighted by atomic mass is 10.1. The van der Waals surface area contributed by atoms with E-state index in [1.54, 1.807) is 0 Å². The molecule has 0 bridgehead atoms. The molecule has 1 aliphatic rings. The summed E-state index contributed by atoms with van der Waals surface area (Å²) in [6.07, 6.45) is 3.82. The van der Waals surface area contributed by atoms with Crippen LogP contribution in [0, 0.1) is 11.8 Å². The highest BCUT2D eigenvalue weighted by Gasteiger charge is 2.23. The first-order valence-corrected chi connectivity index (χ1v) is 4.53. The third kappa shape index (κ3) is 2.21. The van der Waals surface area contributed by atoms with E-state index in [1.165, 1.54) is 19.3 Å². The molecule has 64 valence electrons. The van der Waals surface area contributed by atoms with Gasteiger partial charge in [-0.25, -0.2) is 0 Å². The van der Waals surface area contributed by atoms with E-state index in [0.717, 1.165) is 18.3 Å². The second kappa shape index (κ2) is 3.74. The standard InChI is InChI=1S/C9H18N2/c1-3-11-9(10)8-5-4-7(2)6-8/h7-8H,3-6H2,1-2H3,(H2,10,11). The minimum absolute atomic E-state index is 0.588. The summed E-state index contributed by atoms with van der Waals surface area (Å²) in [5.74, 6) is 2.33. The molecule has 0 heterocycles. The summed E-state index contributed by atoms with van der Waals surface area (Å²) in [7, 11) is 0. The van der Waals surface area contributed by atoms with Gasteiger partial charge in [0.05, 0.1) is 5.84 Å². The van der Waals surface area contributed by atoms with Crippen LogP contribution in [-0.2, 0) is 0 Å². The third-order valence-corrected chi connectivity index (χ3v) is 2.45. The zero-order valence-electron chi connectivity index (χ0n) is 7.51. The molecule has 1 fully saturated rings. The molecule has 0 aliphatic heterocycles. The Labute approximate surface area is 68.9 Å². The Morgan fingerprint density at radius 3 is 2.73 bits per heavy atom. The Morgan fingerprint density at radius 2 is 2.27 bits per heavy atom. The summed E-state index contributed by atoms with van der Waals surface area (Å²) in [5, 5.41) is 0. The van der Waals surface area contributed by atoms with Crippen molar-refractivity contribution in [1.29, 1.82) is 0 Å². The second-order valence-electron chi connectivity index (χ2n) is 3.51. The molecular formula is C9H18N2. The summed E-state index contributed by atoms with van der Waals surface area (Å²) in [6, 6.07) is 0. The number of hydrogen-bond acceptors (Lipinski definition) is 1. The zero-order valence-corrected chi connectivity index (χ0v) is 7.51. The third-order valence-electron chi connectivity index (χ3n) is 2.45. The highest BCUT2D eigenvalue weighted by molar-refractivity contribution is 5.83. The van der Waals surface area contributed by atoms with Gasteiger partial charge in [0.15, 0.2) is 0 Å². The van der Waals surface area contributed by atoms with Crippen LogP contribution in [0.25, 0.3) is 0 Å². The van der Waals surface area contributed by atoms with Crippen molar-refractivity contribution < 1.29 is 0 Å². The van der Waals surface area contributed by atoms with Crippen LogP contribution in [0.3, 0.4) is 0 Å². The minimum Gasteiger partial charge on any atom is -0.387 e.